The van der Waals surface area contributed by atoms with Crippen molar-refractivity contribution in [3.05, 3.63) is 33.9 Å². The fourth-order valence-corrected chi connectivity index (χ4v) is 4.90. The predicted molar refractivity (Wildman–Crippen MR) is 58.9 cm³/mol. The van der Waals surface area contributed by atoms with E-state index in [0.29, 0.717) is 11.3 Å². The first kappa shape index (κ1) is 10.2. The van der Waals surface area contributed by atoms with Crippen molar-refractivity contribution >= 4 is 33.2 Å². The molecule has 1 N–H and O–H groups in total. The van der Waals surface area contributed by atoms with E-state index < -0.39 is 14.2 Å². The van der Waals surface area contributed by atoms with E-state index in [0.717, 1.165) is 11.8 Å². The van der Waals surface area contributed by atoms with Crippen LogP contribution in [0.3, 0.4) is 0 Å². The SMILES string of the molecule is O=S(=O)(O)C1(c2cccs2)CC=CS1. The van der Waals surface area contributed by atoms with Crippen LogP contribution < -0.4 is 0 Å². The molecule has 0 saturated carbocycles. The molecule has 2 heterocycles. The van der Waals surface area contributed by atoms with E-state index in [1.54, 1.807) is 29.0 Å². The summed E-state index contributed by atoms with van der Waals surface area (Å²) in [6.07, 6.45) is 2.09. The second kappa shape index (κ2) is 3.37. The van der Waals surface area contributed by atoms with Crippen LogP contribution in [0.2, 0.25) is 0 Å². The molecule has 0 fully saturated rings. The first-order valence-electron chi connectivity index (χ1n) is 3.90. The van der Waals surface area contributed by atoms with Gasteiger partial charge in [-0.2, -0.15) is 8.42 Å². The molecule has 1 aliphatic rings. The van der Waals surface area contributed by atoms with Crippen molar-refractivity contribution < 1.29 is 13.0 Å². The summed E-state index contributed by atoms with van der Waals surface area (Å²) in [5, 5.41) is 3.52. The fraction of sp³-hybridized carbons (Fsp3) is 0.250. The largest absolute Gasteiger partial charge is 0.285 e. The Morgan fingerprint density at radius 1 is 1.50 bits per heavy atom. The Labute approximate surface area is 90.6 Å². The van der Waals surface area contributed by atoms with Crippen LogP contribution in [0, 0.1) is 0 Å². The molecular formula is C8H8O3S3. The molecule has 76 valence electrons. The number of hydrogen-bond acceptors (Lipinski definition) is 4. The third-order valence-electron chi connectivity index (χ3n) is 2.05. The molecule has 1 unspecified atom stereocenters. The van der Waals surface area contributed by atoms with E-state index in [2.05, 4.69) is 0 Å². The molecular weight excluding hydrogens is 240 g/mol. The molecule has 14 heavy (non-hydrogen) atoms. The summed E-state index contributed by atoms with van der Waals surface area (Å²) in [4.78, 5) is 0.676. The number of rotatable bonds is 2. The minimum atomic E-state index is -4.08. The molecule has 0 aromatic carbocycles. The Balaban J connectivity index is 2.54. The van der Waals surface area contributed by atoms with Gasteiger partial charge in [0.05, 0.1) is 0 Å². The van der Waals surface area contributed by atoms with Gasteiger partial charge >= 0.3 is 0 Å². The zero-order chi connectivity index (χ0) is 10.2. The maximum atomic E-state index is 11.4. The third-order valence-corrected chi connectivity index (χ3v) is 6.58. The lowest BCUT2D eigenvalue weighted by Gasteiger charge is -2.22. The molecule has 1 aliphatic heterocycles. The summed E-state index contributed by atoms with van der Waals surface area (Å²) in [5.41, 5.74) is 0. The lowest BCUT2D eigenvalue weighted by atomic mass is 10.2. The molecule has 0 saturated heterocycles. The summed E-state index contributed by atoms with van der Waals surface area (Å²) < 4.78 is 30.8. The number of thiophene rings is 1. The highest BCUT2D eigenvalue weighted by Crippen LogP contribution is 2.50. The highest BCUT2D eigenvalue weighted by molar-refractivity contribution is 8.14. The van der Waals surface area contributed by atoms with Gasteiger partial charge in [0.1, 0.15) is 0 Å². The molecule has 0 amide bonds. The highest BCUT2D eigenvalue weighted by Gasteiger charge is 2.47. The Bertz CT molecular complexity index is 436. The molecule has 0 spiro atoms. The second-order valence-electron chi connectivity index (χ2n) is 2.90. The minimum absolute atomic E-state index is 0.330. The Morgan fingerprint density at radius 3 is 2.71 bits per heavy atom. The van der Waals surface area contributed by atoms with Crippen molar-refractivity contribution in [1.82, 2.24) is 0 Å². The van der Waals surface area contributed by atoms with Crippen LogP contribution in [0.1, 0.15) is 11.3 Å². The Kier molecular flexibility index (Phi) is 2.46. The summed E-state index contributed by atoms with van der Waals surface area (Å²) in [6.45, 7) is 0. The Hall–Kier alpha value is -0.300. The molecule has 1 aromatic heterocycles. The zero-order valence-corrected chi connectivity index (χ0v) is 9.53. The van der Waals surface area contributed by atoms with E-state index in [9.17, 15) is 13.0 Å². The molecule has 0 aliphatic carbocycles. The predicted octanol–water partition coefficient (Wildman–Crippen LogP) is 2.44. The second-order valence-corrected chi connectivity index (χ2v) is 6.96. The van der Waals surface area contributed by atoms with Gasteiger partial charge in [0.2, 0.25) is 0 Å². The van der Waals surface area contributed by atoms with Gasteiger partial charge in [-0.15, -0.1) is 23.1 Å². The average molecular weight is 248 g/mol. The van der Waals surface area contributed by atoms with Gasteiger partial charge in [0.25, 0.3) is 10.1 Å². The van der Waals surface area contributed by atoms with Crippen LogP contribution in [0.25, 0.3) is 0 Å². The normalized spacial score (nSPS) is 26.9. The molecule has 6 heteroatoms. The van der Waals surface area contributed by atoms with Gasteiger partial charge < -0.3 is 0 Å². The quantitative estimate of drug-likeness (QED) is 0.817. The van der Waals surface area contributed by atoms with Gasteiger partial charge in [0.15, 0.2) is 4.08 Å². The lowest BCUT2D eigenvalue weighted by Crippen LogP contribution is -2.28. The molecule has 3 nitrogen and oxygen atoms in total. The van der Waals surface area contributed by atoms with Crippen molar-refractivity contribution in [1.29, 1.82) is 0 Å². The summed E-state index contributed by atoms with van der Waals surface area (Å²) in [7, 11) is -4.08. The first-order valence-corrected chi connectivity index (χ1v) is 7.10. The van der Waals surface area contributed by atoms with Gasteiger partial charge in [-0.1, -0.05) is 12.1 Å². The van der Waals surface area contributed by atoms with Crippen molar-refractivity contribution in [3.8, 4) is 0 Å². The third kappa shape index (κ3) is 1.42. The van der Waals surface area contributed by atoms with Crippen LogP contribution in [-0.2, 0) is 14.2 Å². The molecule has 1 atom stereocenters. The average Bonchev–Trinajstić information content (AvgIpc) is 2.74. The Morgan fingerprint density at radius 2 is 2.29 bits per heavy atom. The van der Waals surface area contributed by atoms with Crippen LogP contribution in [0.4, 0.5) is 0 Å². The maximum Gasteiger partial charge on any atom is 0.285 e. The maximum absolute atomic E-state index is 11.4. The zero-order valence-electron chi connectivity index (χ0n) is 7.08. The van der Waals surface area contributed by atoms with Crippen LogP contribution >= 0.6 is 23.1 Å². The lowest BCUT2D eigenvalue weighted by molar-refractivity contribution is 0.463. The van der Waals surface area contributed by atoms with Crippen molar-refractivity contribution in [2.75, 3.05) is 0 Å². The topological polar surface area (TPSA) is 54.4 Å². The van der Waals surface area contributed by atoms with E-state index in [1.165, 1.54) is 11.3 Å². The van der Waals surface area contributed by atoms with Crippen molar-refractivity contribution in [2.24, 2.45) is 0 Å². The number of thioether (sulfide) groups is 1. The summed E-state index contributed by atoms with van der Waals surface area (Å²) >= 11 is 2.49. The van der Waals surface area contributed by atoms with Crippen LogP contribution in [0.15, 0.2) is 29.0 Å². The van der Waals surface area contributed by atoms with Gasteiger partial charge in [-0.05, 0) is 16.9 Å². The molecule has 2 rings (SSSR count). The number of allylic oxidation sites excluding steroid dienone is 1. The van der Waals surface area contributed by atoms with Crippen molar-refractivity contribution in [3.63, 3.8) is 0 Å². The molecule has 1 aromatic rings. The van der Waals surface area contributed by atoms with Gasteiger partial charge in [-0.25, -0.2) is 0 Å². The first-order chi connectivity index (χ1) is 6.56. The summed E-state index contributed by atoms with van der Waals surface area (Å²) in [5.74, 6) is 0. The monoisotopic (exact) mass is 248 g/mol. The standard InChI is InChI=1S/C8H8O3S3/c9-14(10,11)8(4-2-6-13-8)7-3-1-5-12-7/h1-3,5-6H,4H2,(H,9,10,11). The highest BCUT2D eigenvalue weighted by atomic mass is 32.3. The minimum Gasteiger partial charge on any atom is -0.284 e. The van der Waals surface area contributed by atoms with E-state index in [1.807, 2.05) is 0 Å². The van der Waals surface area contributed by atoms with Gasteiger partial charge in [-0.3, -0.25) is 4.55 Å². The fourth-order valence-electron chi connectivity index (χ4n) is 1.36. The van der Waals surface area contributed by atoms with Gasteiger partial charge in [0, 0.05) is 11.3 Å². The van der Waals surface area contributed by atoms with Crippen molar-refractivity contribution in [2.45, 2.75) is 10.5 Å². The molecule has 0 bridgehead atoms. The van der Waals surface area contributed by atoms with E-state index in [4.69, 9.17) is 0 Å². The summed E-state index contributed by atoms with van der Waals surface area (Å²) in [6, 6.07) is 3.52. The van der Waals surface area contributed by atoms with E-state index >= 15 is 0 Å². The molecule has 0 radical (unpaired) electrons. The smallest absolute Gasteiger partial charge is 0.284 e. The van der Waals surface area contributed by atoms with E-state index in [-0.39, 0.29) is 0 Å². The van der Waals surface area contributed by atoms with Crippen LogP contribution in [-0.4, -0.2) is 13.0 Å². The van der Waals surface area contributed by atoms with Crippen LogP contribution in [0.5, 0.6) is 0 Å². The number of hydrogen-bond donors (Lipinski definition) is 1.